The monoisotopic (exact) mass is 329 g/mol. The Bertz CT molecular complexity index is 717. The van der Waals surface area contributed by atoms with Gasteiger partial charge in [-0.25, -0.2) is 4.98 Å². The van der Waals surface area contributed by atoms with Crippen molar-refractivity contribution in [1.29, 1.82) is 0 Å². The molecule has 0 radical (unpaired) electrons. The Morgan fingerprint density at radius 2 is 2.04 bits per heavy atom. The summed E-state index contributed by atoms with van der Waals surface area (Å²) in [7, 11) is 0. The van der Waals surface area contributed by atoms with Crippen molar-refractivity contribution in [2.24, 2.45) is 0 Å². The van der Waals surface area contributed by atoms with Crippen molar-refractivity contribution in [2.45, 2.75) is 46.3 Å². The normalized spacial score (nSPS) is 13.2. The molecule has 2 N–H and O–H groups in total. The van der Waals surface area contributed by atoms with Crippen LogP contribution in [-0.4, -0.2) is 31.8 Å². The zero-order valence-electron chi connectivity index (χ0n) is 13.2. The standard InChI is InChI=1S/C14H18F3N5O/c1-7-5-18-13(19-7)20-12(23)8(2)11-9(3)21-22(10(11)4)6-14(15,16)17/h5,8H,6H2,1-4H3,(H2,18,19,20,23)/t8-/m1/s1. The molecular formula is C14H18F3N5O. The summed E-state index contributed by atoms with van der Waals surface area (Å²) in [5.74, 6) is -0.711. The summed E-state index contributed by atoms with van der Waals surface area (Å²) in [6, 6.07) is 0. The Morgan fingerprint density at radius 1 is 1.39 bits per heavy atom. The maximum absolute atomic E-state index is 12.6. The van der Waals surface area contributed by atoms with Gasteiger partial charge in [0.05, 0.1) is 11.6 Å². The van der Waals surface area contributed by atoms with Gasteiger partial charge < -0.3 is 4.98 Å². The summed E-state index contributed by atoms with van der Waals surface area (Å²) in [6.07, 6.45) is -2.80. The molecule has 1 atom stereocenters. The van der Waals surface area contributed by atoms with Gasteiger partial charge in [-0.15, -0.1) is 0 Å². The number of aromatic amines is 1. The van der Waals surface area contributed by atoms with E-state index in [0.717, 1.165) is 10.4 Å². The van der Waals surface area contributed by atoms with Gasteiger partial charge in [-0.2, -0.15) is 18.3 Å². The van der Waals surface area contributed by atoms with E-state index in [1.54, 1.807) is 27.0 Å². The molecule has 0 saturated carbocycles. The fourth-order valence-electron chi connectivity index (χ4n) is 2.49. The van der Waals surface area contributed by atoms with Crippen molar-refractivity contribution in [3.63, 3.8) is 0 Å². The van der Waals surface area contributed by atoms with E-state index in [1.165, 1.54) is 6.92 Å². The van der Waals surface area contributed by atoms with Gasteiger partial charge >= 0.3 is 6.18 Å². The van der Waals surface area contributed by atoms with Crippen LogP contribution in [0.3, 0.4) is 0 Å². The second kappa shape index (κ2) is 6.05. The fourth-order valence-corrected chi connectivity index (χ4v) is 2.49. The SMILES string of the molecule is Cc1cnc(NC(=O)[C@H](C)c2c(C)nn(CC(F)(F)F)c2C)[nH]1. The van der Waals surface area contributed by atoms with Crippen LogP contribution < -0.4 is 5.32 Å². The average Bonchev–Trinajstić information content (AvgIpc) is 2.92. The maximum atomic E-state index is 12.6. The van der Waals surface area contributed by atoms with Gasteiger partial charge in [0, 0.05) is 23.1 Å². The molecule has 2 aromatic rings. The van der Waals surface area contributed by atoms with Crippen LogP contribution in [0.2, 0.25) is 0 Å². The maximum Gasteiger partial charge on any atom is 0.408 e. The van der Waals surface area contributed by atoms with E-state index >= 15 is 0 Å². The van der Waals surface area contributed by atoms with Crippen molar-refractivity contribution in [2.75, 3.05) is 5.32 Å². The number of anilines is 1. The van der Waals surface area contributed by atoms with E-state index in [9.17, 15) is 18.0 Å². The van der Waals surface area contributed by atoms with Gasteiger partial charge in [-0.1, -0.05) is 0 Å². The minimum Gasteiger partial charge on any atom is -0.328 e. The molecule has 0 fully saturated rings. The number of carbonyl (C=O) groups excluding carboxylic acids is 1. The van der Waals surface area contributed by atoms with Crippen LogP contribution in [0.5, 0.6) is 0 Å². The van der Waals surface area contributed by atoms with Crippen molar-refractivity contribution in [3.8, 4) is 0 Å². The highest BCUT2D eigenvalue weighted by Crippen LogP contribution is 2.27. The smallest absolute Gasteiger partial charge is 0.328 e. The number of H-pyrrole nitrogens is 1. The molecule has 0 bridgehead atoms. The number of aryl methyl sites for hydroxylation is 2. The zero-order valence-corrected chi connectivity index (χ0v) is 13.2. The minimum absolute atomic E-state index is 0.303. The quantitative estimate of drug-likeness (QED) is 0.905. The lowest BCUT2D eigenvalue weighted by atomic mass is 9.98. The van der Waals surface area contributed by atoms with Gasteiger partial charge in [-0.3, -0.25) is 14.8 Å². The Balaban J connectivity index is 2.21. The average molecular weight is 329 g/mol. The van der Waals surface area contributed by atoms with Crippen molar-refractivity contribution in [1.82, 2.24) is 19.7 Å². The molecule has 9 heteroatoms. The predicted molar refractivity (Wildman–Crippen MR) is 78.1 cm³/mol. The summed E-state index contributed by atoms with van der Waals surface area (Å²) in [5, 5.41) is 6.51. The molecule has 0 aliphatic heterocycles. The van der Waals surface area contributed by atoms with Crippen LogP contribution in [0.25, 0.3) is 0 Å². The van der Waals surface area contributed by atoms with Gasteiger partial charge in [0.25, 0.3) is 0 Å². The van der Waals surface area contributed by atoms with E-state index in [0.29, 0.717) is 22.9 Å². The Morgan fingerprint density at radius 3 is 2.57 bits per heavy atom. The number of rotatable bonds is 4. The first-order chi connectivity index (χ1) is 10.6. The first-order valence-corrected chi connectivity index (χ1v) is 7.01. The summed E-state index contributed by atoms with van der Waals surface area (Å²) in [4.78, 5) is 19.1. The van der Waals surface area contributed by atoms with Crippen LogP contribution >= 0.6 is 0 Å². The molecule has 0 aromatic carbocycles. The number of nitrogens with zero attached hydrogens (tertiary/aromatic N) is 3. The topological polar surface area (TPSA) is 75.6 Å². The van der Waals surface area contributed by atoms with Gasteiger partial charge in [0.15, 0.2) is 0 Å². The second-order valence-electron chi connectivity index (χ2n) is 5.48. The number of hydrogen-bond acceptors (Lipinski definition) is 3. The Hall–Kier alpha value is -2.32. The molecule has 6 nitrogen and oxygen atoms in total. The highest BCUT2D eigenvalue weighted by molar-refractivity contribution is 5.94. The van der Waals surface area contributed by atoms with Gasteiger partial charge in [-0.05, 0) is 27.7 Å². The Labute approximate surface area is 131 Å². The van der Waals surface area contributed by atoms with E-state index in [4.69, 9.17) is 0 Å². The highest BCUT2D eigenvalue weighted by Gasteiger charge is 2.31. The molecule has 1 amide bonds. The summed E-state index contributed by atoms with van der Waals surface area (Å²) >= 11 is 0. The lowest BCUT2D eigenvalue weighted by molar-refractivity contribution is -0.142. The first-order valence-electron chi connectivity index (χ1n) is 7.01. The molecule has 0 aliphatic rings. The van der Waals surface area contributed by atoms with Gasteiger partial charge in [0.1, 0.15) is 6.54 Å². The molecule has 2 rings (SSSR count). The first kappa shape index (κ1) is 17.0. The molecule has 2 heterocycles. The number of aromatic nitrogens is 4. The molecule has 0 saturated heterocycles. The van der Waals surface area contributed by atoms with Crippen LogP contribution in [0.15, 0.2) is 6.20 Å². The van der Waals surface area contributed by atoms with E-state index in [1.807, 2.05) is 0 Å². The van der Waals surface area contributed by atoms with Crippen LogP contribution in [-0.2, 0) is 11.3 Å². The number of carbonyl (C=O) groups is 1. The molecular weight excluding hydrogens is 311 g/mol. The van der Waals surface area contributed by atoms with Crippen molar-refractivity contribution < 1.29 is 18.0 Å². The molecule has 0 unspecified atom stereocenters. The molecule has 0 aliphatic carbocycles. The summed E-state index contributed by atoms with van der Waals surface area (Å²) in [6.45, 7) is 5.37. The number of halogens is 3. The highest BCUT2D eigenvalue weighted by atomic mass is 19.4. The largest absolute Gasteiger partial charge is 0.408 e. The lowest BCUT2D eigenvalue weighted by Crippen LogP contribution is -2.22. The van der Waals surface area contributed by atoms with Crippen LogP contribution in [0.1, 0.15) is 35.5 Å². The van der Waals surface area contributed by atoms with Gasteiger partial charge in [0.2, 0.25) is 11.9 Å². The number of amides is 1. The zero-order chi connectivity index (χ0) is 17.4. The molecule has 23 heavy (non-hydrogen) atoms. The third-order valence-corrected chi connectivity index (χ3v) is 3.54. The van der Waals surface area contributed by atoms with Crippen LogP contribution in [0.4, 0.5) is 19.1 Å². The second-order valence-corrected chi connectivity index (χ2v) is 5.48. The van der Waals surface area contributed by atoms with Crippen molar-refractivity contribution in [3.05, 3.63) is 28.8 Å². The molecule has 126 valence electrons. The number of imidazole rings is 1. The molecule has 2 aromatic heterocycles. The van der Waals surface area contributed by atoms with Crippen molar-refractivity contribution >= 4 is 11.9 Å². The third kappa shape index (κ3) is 3.91. The number of alkyl halides is 3. The summed E-state index contributed by atoms with van der Waals surface area (Å²) in [5.41, 5.74) is 2.02. The number of nitrogens with one attached hydrogen (secondary N) is 2. The van der Waals surface area contributed by atoms with E-state index < -0.39 is 18.6 Å². The van der Waals surface area contributed by atoms with E-state index in [-0.39, 0.29) is 5.91 Å². The Kier molecular flexibility index (Phi) is 4.49. The van der Waals surface area contributed by atoms with E-state index in [2.05, 4.69) is 20.4 Å². The lowest BCUT2D eigenvalue weighted by Gasteiger charge is -2.13. The predicted octanol–water partition coefficient (Wildman–Crippen LogP) is 2.84. The summed E-state index contributed by atoms with van der Waals surface area (Å²) < 4.78 is 38.6. The fraction of sp³-hybridized carbons (Fsp3) is 0.500. The third-order valence-electron chi connectivity index (χ3n) is 3.54. The minimum atomic E-state index is -4.36. The number of hydrogen-bond donors (Lipinski definition) is 2. The molecule has 0 spiro atoms. The van der Waals surface area contributed by atoms with Crippen LogP contribution in [0, 0.1) is 20.8 Å².